The summed E-state index contributed by atoms with van der Waals surface area (Å²) in [5.41, 5.74) is 5.83. The van der Waals surface area contributed by atoms with Crippen molar-refractivity contribution in [3.8, 4) is 11.5 Å². The summed E-state index contributed by atoms with van der Waals surface area (Å²) in [6, 6.07) is 9.33. The Morgan fingerprint density at radius 1 is 1.33 bits per heavy atom. The highest BCUT2D eigenvalue weighted by Gasteiger charge is 2.09. The molecule has 1 amide bonds. The molecule has 0 bridgehead atoms. The second kappa shape index (κ2) is 3.91. The largest absolute Gasteiger partial charge is 0.369 e. The van der Waals surface area contributed by atoms with E-state index in [9.17, 15) is 4.79 Å². The Morgan fingerprint density at radius 2 is 2.07 bits per heavy atom. The standard InChI is InChI=1S/C10H9N3O2/c11-8(14)6-9-12-10(15-13-9)7-4-2-1-3-5-7/h1-5H,6H2,(H2,11,14). The highest BCUT2D eigenvalue weighted by molar-refractivity contribution is 5.75. The van der Waals surface area contributed by atoms with Crippen molar-refractivity contribution in [3.63, 3.8) is 0 Å². The lowest BCUT2D eigenvalue weighted by molar-refractivity contribution is -0.117. The summed E-state index contributed by atoms with van der Waals surface area (Å²) in [4.78, 5) is 14.7. The van der Waals surface area contributed by atoms with E-state index in [4.69, 9.17) is 10.3 Å². The first kappa shape index (κ1) is 9.39. The van der Waals surface area contributed by atoms with Gasteiger partial charge >= 0.3 is 0 Å². The predicted octanol–water partition coefficient (Wildman–Crippen LogP) is 0.764. The molecular weight excluding hydrogens is 194 g/mol. The molecule has 0 fully saturated rings. The van der Waals surface area contributed by atoms with Crippen LogP contribution in [0.1, 0.15) is 5.82 Å². The fourth-order valence-electron chi connectivity index (χ4n) is 1.18. The van der Waals surface area contributed by atoms with Gasteiger partial charge in [0.25, 0.3) is 5.89 Å². The molecule has 0 aliphatic heterocycles. The van der Waals surface area contributed by atoms with Gasteiger partial charge in [-0.15, -0.1) is 0 Å². The zero-order valence-electron chi connectivity index (χ0n) is 7.88. The molecule has 0 aliphatic carbocycles. The van der Waals surface area contributed by atoms with Gasteiger partial charge in [-0.05, 0) is 12.1 Å². The summed E-state index contributed by atoms with van der Waals surface area (Å²) in [7, 11) is 0. The van der Waals surface area contributed by atoms with Crippen molar-refractivity contribution in [1.82, 2.24) is 10.1 Å². The number of primary amides is 1. The molecule has 76 valence electrons. The van der Waals surface area contributed by atoms with Crippen LogP contribution in [0.25, 0.3) is 11.5 Å². The Bertz CT molecular complexity index is 465. The summed E-state index contributed by atoms with van der Waals surface area (Å²) < 4.78 is 4.98. The molecule has 0 radical (unpaired) electrons. The van der Waals surface area contributed by atoms with Gasteiger partial charge in [0.15, 0.2) is 5.82 Å². The van der Waals surface area contributed by atoms with Crippen LogP contribution < -0.4 is 5.73 Å². The van der Waals surface area contributed by atoms with E-state index >= 15 is 0 Å². The first-order chi connectivity index (χ1) is 7.25. The number of nitrogens with zero attached hydrogens (tertiary/aromatic N) is 2. The highest BCUT2D eigenvalue weighted by Crippen LogP contribution is 2.15. The van der Waals surface area contributed by atoms with Gasteiger partial charge in [0, 0.05) is 5.56 Å². The third-order valence-electron chi connectivity index (χ3n) is 1.82. The molecule has 0 atom stereocenters. The number of benzene rings is 1. The van der Waals surface area contributed by atoms with Crippen LogP contribution in [0.2, 0.25) is 0 Å². The molecule has 5 heteroatoms. The molecule has 2 rings (SSSR count). The Labute approximate surface area is 85.9 Å². The van der Waals surface area contributed by atoms with Crippen molar-refractivity contribution in [2.45, 2.75) is 6.42 Å². The predicted molar refractivity (Wildman–Crippen MR) is 52.6 cm³/mol. The lowest BCUT2D eigenvalue weighted by Crippen LogP contribution is -2.14. The minimum atomic E-state index is -0.476. The summed E-state index contributed by atoms with van der Waals surface area (Å²) in [6.45, 7) is 0. The lowest BCUT2D eigenvalue weighted by Gasteiger charge is -1.90. The number of hydrogen-bond acceptors (Lipinski definition) is 4. The average Bonchev–Trinajstić information content (AvgIpc) is 2.67. The summed E-state index contributed by atoms with van der Waals surface area (Å²) in [5, 5.41) is 3.65. The first-order valence-corrected chi connectivity index (χ1v) is 4.42. The summed E-state index contributed by atoms with van der Waals surface area (Å²) in [5.74, 6) is 0.226. The molecule has 0 saturated carbocycles. The highest BCUT2D eigenvalue weighted by atomic mass is 16.5. The molecule has 1 heterocycles. The van der Waals surface area contributed by atoms with E-state index in [0.717, 1.165) is 5.56 Å². The SMILES string of the molecule is NC(=O)Cc1noc(-c2ccccc2)n1. The zero-order chi connectivity index (χ0) is 10.7. The molecule has 1 aromatic heterocycles. The number of amides is 1. The molecule has 15 heavy (non-hydrogen) atoms. The molecule has 0 aliphatic rings. The van der Waals surface area contributed by atoms with Crippen LogP contribution in [-0.2, 0) is 11.2 Å². The Balaban J connectivity index is 2.24. The van der Waals surface area contributed by atoms with Crippen LogP contribution in [0.5, 0.6) is 0 Å². The molecule has 2 N–H and O–H groups in total. The molecular formula is C10H9N3O2. The van der Waals surface area contributed by atoms with Crippen molar-refractivity contribution < 1.29 is 9.32 Å². The molecule has 0 spiro atoms. The van der Waals surface area contributed by atoms with E-state index in [1.54, 1.807) is 0 Å². The number of rotatable bonds is 3. The van der Waals surface area contributed by atoms with Crippen LogP contribution >= 0.6 is 0 Å². The molecule has 1 aromatic carbocycles. The average molecular weight is 203 g/mol. The van der Waals surface area contributed by atoms with Gasteiger partial charge in [-0.1, -0.05) is 23.4 Å². The maximum atomic E-state index is 10.6. The van der Waals surface area contributed by atoms with Gasteiger partial charge in [0.1, 0.15) is 0 Å². The van der Waals surface area contributed by atoms with E-state index in [0.29, 0.717) is 11.7 Å². The van der Waals surface area contributed by atoms with E-state index in [-0.39, 0.29) is 6.42 Å². The van der Waals surface area contributed by atoms with Gasteiger partial charge < -0.3 is 10.3 Å². The number of aromatic nitrogens is 2. The van der Waals surface area contributed by atoms with Crippen LogP contribution in [0.15, 0.2) is 34.9 Å². The molecule has 0 unspecified atom stereocenters. The Morgan fingerprint density at radius 3 is 2.73 bits per heavy atom. The van der Waals surface area contributed by atoms with Gasteiger partial charge in [-0.3, -0.25) is 4.79 Å². The maximum Gasteiger partial charge on any atom is 0.257 e. The lowest BCUT2D eigenvalue weighted by atomic mass is 10.2. The fraction of sp³-hybridized carbons (Fsp3) is 0.100. The number of carbonyl (C=O) groups is 1. The second-order valence-corrected chi connectivity index (χ2v) is 3.02. The van der Waals surface area contributed by atoms with Crippen molar-refractivity contribution in [1.29, 1.82) is 0 Å². The summed E-state index contributed by atoms with van der Waals surface area (Å²) >= 11 is 0. The third-order valence-corrected chi connectivity index (χ3v) is 1.82. The van der Waals surface area contributed by atoms with Gasteiger partial charge in [0.05, 0.1) is 6.42 Å². The van der Waals surface area contributed by atoms with Gasteiger partial charge in [0.2, 0.25) is 5.91 Å². The minimum absolute atomic E-state index is 0.00364. The third kappa shape index (κ3) is 2.19. The van der Waals surface area contributed by atoms with E-state index in [1.165, 1.54) is 0 Å². The van der Waals surface area contributed by atoms with E-state index in [2.05, 4.69) is 10.1 Å². The quantitative estimate of drug-likeness (QED) is 0.798. The number of hydrogen-bond donors (Lipinski definition) is 1. The van der Waals surface area contributed by atoms with Crippen molar-refractivity contribution >= 4 is 5.91 Å². The number of carbonyl (C=O) groups excluding carboxylic acids is 1. The molecule has 5 nitrogen and oxygen atoms in total. The van der Waals surface area contributed by atoms with Crippen LogP contribution in [-0.4, -0.2) is 16.0 Å². The van der Waals surface area contributed by atoms with E-state index < -0.39 is 5.91 Å². The minimum Gasteiger partial charge on any atom is -0.369 e. The zero-order valence-corrected chi connectivity index (χ0v) is 7.88. The monoisotopic (exact) mass is 203 g/mol. The van der Waals surface area contributed by atoms with Crippen molar-refractivity contribution in [2.75, 3.05) is 0 Å². The first-order valence-electron chi connectivity index (χ1n) is 4.42. The van der Waals surface area contributed by atoms with E-state index in [1.807, 2.05) is 30.3 Å². The second-order valence-electron chi connectivity index (χ2n) is 3.02. The number of nitrogens with two attached hydrogens (primary N) is 1. The molecule has 0 saturated heterocycles. The Kier molecular flexibility index (Phi) is 2.45. The smallest absolute Gasteiger partial charge is 0.257 e. The van der Waals surface area contributed by atoms with Gasteiger partial charge in [-0.25, -0.2) is 0 Å². The molecule has 2 aromatic rings. The van der Waals surface area contributed by atoms with Crippen LogP contribution in [0.3, 0.4) is 0 Å². The summed E-state index contributed by atoms with van der Waals surface area (Å²) in [6.07, 6.45) is -0.00364. The maximum absolute atomic E-state index is 10.6. The van der Waals surface area contributed by atoms with Gasteiger partial charge in [-0.2, -0.15) is 4.98 Å². The normalized spacial score (nSPS) is 10.1. The van der Waals surface area contributed by atoms with Crippen molar-refractivity contribution in [2.24, 2.45) is 5.73 Å². The topological polar surface area (TPSA) is 82.0 Å². The fourth-order valence-corrected chi connectivity index (χ4v) is 1.18. The van der Waals surface area contributed by atoms with Crippen LogP contribution in [0, 0.1) is 0 Å². The Hall–Kier alpha value is -2.17. The van der Waals surface area contributed by atoms with Crippen LogP contribution in [0.4, 0.5) is 0 Å². The van der Waals surface area contributed by atoms with Crippen molar-refractivity contribution in [3.05, 3.63) is 36.2 Å².